The molecule has 178 valence electrons. The van der Waals surface area contributed by atoms with E-state index in [4.69, 9.17) is 0 Å². The average Bonchev–Trinajstić information content (AvgIpc) is 2.60. The minimum atomic E-state index is -5.61. The Morgan fingerprint density at radius 2 is 1.20 bits per heavy atom. The molecule has 2 fully saturated rings. The Morgan fingerprint density at radius 1 is 0.800 bits per heavy atom. The molecule has 0 heterocycles. The van der Waals surface area contributed by atoms with Crippen LogP contribution >= 0.6 is 12.0 Å². The lowest BCUT2D eigenvalue weighted by molar-refractivity contribution is -0.0495. The van der Waals surface area contributed by atoms with Crippen LogP contribution in [0.4, 0.5) is 13.2 Å². The lowest BCUT2D eigenvalue weighted by Gasteiger charge is -2.48. The molecule has 2 aliphatic carbocycles. The summed E-state index contributed by atoms with van der Waals surface area (Å²) in [6, 6.07) is 0. The van der Waals surface area contributed by atoms with Gasteiger partial charge in [0.25, 0.3) is 0 Å². The van der Waals surface area contributed by atoms with Crippen molar-refractivity contribution in [1.82, 2.24) is 0 Å². The van der Waals surface area contributed by atoms with Crippen LogP contribution in [-0.4, -0.2) is 19.2 Å². The Morgan fingerprint density at radius 3 is 1.53 bits per heavy atom. The van der Waals surface area contributed by atoms with E-state index in [1.807, 2.05) is 0 Å². The van der Waals surface area contributed by atoms with E-state index >= 15 is 0 Å². The fourth-order valence-corrected chi connectivity index (χ4v) is 7.90. The van der Waals surface area contributed by atoms with Gasteiger partial charge in [-0.05, 0) is 73.0 Å². The Balaban J connectivity index is 2.40. The van der Waals surface area contributed by atoms with Gasteiger partial charge in [0, 0.05) is 17.3 Å². The van der Waals surface area contributed by atoms with E-state index in [9.17, 15) is 21.6 Å². The van der Waals surface area contributed by atoms with Crippen LogP contribution in [0, 0.1) is 47.3 Å². The van der Waals surface area contributed by atoms with Crippen LogP contribution < -0.4 is 0 Å². The van der Waals surface area contributed by atoms with Crippen molar-refractivity contribution in [2.45, 2.75) is 90.8 Å². The fraction of sp³-hybridized carbons (Fsp3) is 1.00. The average molecular weight is 473 g/mol. The molecule has 0 aromatic rings. The highest BCUT2D eigenvalue weighted by atomic mass is 32.3. The first-order chi connectivity index (χ1) is 13.7. The van der Waals surface area contributed by atoms with Crippen LogP contribution in [0.25, 0.3) is 0 Å². The van der Waals surface area contributed by atoms with Crippen LogP contribution in [0.1, 0.15) is 80.1 Å². The maximum atomic E-state index is 13.0. The minimum Gasteiger partial charge on any atom is -0.191 e. The molecule has 6 atom stereocenters. The third-order valence-corrected chi connectivity index (χ3v) is 10.0. The normalized spacial score (nSPS) is 35.0. The summed E-state index contributed by atoms with van der Waals surface area (Å²) in [6.45, 7) is 13.1. The molecule has 30 heavy (non-hydrogen) atoms. The Kier molecular flexibility index (Phi) is 9.05. The van der Waals surface area contributed by atoms with Crippen molar-refractivity contribution < 1.29 is 25.2 Å². The summed E-state index contributed by atoms with van der Waals surface area (Å²) >= 11 is 0.607. The largest absolute Gasteiger partial charge is 0.524 e. The number of rotatable bonds is 7. The van der Waals surface area contributed by atoms with E-state index in [2.05, 4.69) is 45.2 Å². The summed E-state index contributed by atoms with van der Waals surface area (Å²) < 4.78 is 67.0. The summed E-state index contributed by atoms with van der Waals surface area (Å²) in [4.78, 5) is 0. The standard InChI is InChI=1S/C22H39F3O3S2/c1-13(2)17-9-7-15(5)11-19(17)21(29-28-30(26,27)22(23,24)25)20-12-16(6)8-10-18(20)14(3)4/h13-21H,7-12H2,1-6H3. The van der Waals surface area contributed by atoms with Crippen molar-refractivity contribution in [2.24, 2.45) is 47.3 Å². The zero-order chi connectivity index (χ0) is 22.9. The summed E-state index contributed by atoms with van der Waals surface area (Å²) in [5.74, 6) is 2.88. The van der Waals surface area contributed by atoms with Gasteiger partial charge in [0.15, 0.2) is 0 Å². The third-order valence-electron chi connectivity index (χ3n) is 7.51. The number of hydrogen-bond donors (Lipinski definition) is 0. The van der Waals surface area contributed by atoms with Gasteiger partial charge in [-0.25, -0.2) is 0 Å². The van der Waals surface area contributed by atoms with Crippen LogP contribution in [0.5, 0.6) is 0 Å². The van der Waals surface area contributed by atoms with Crippen molar-refractivity contribution in [3.8, 4) is 0 Å². The molecule has 0 saturated heterocycles. The molecule has 3 nitrogen and oxygen atoms in total. The first-order valence-corrected chi connectivity index (χ1v) is 13.6. The highest BCUT2D eigenvalue weighted by Gasteiger charge is 2.50. The molecule has 2 rings (SSSR count). The summed E-state index contributed by atoms with van der Waals surface area (Å²) in [7, 11) is -5.61. The van der Waals surface area contributed by atoms with Crippen LogP contribution in [0.15, 0.2) is 0 Å². The first-order valence-electron chi connectivity index (χ1n) is 11.4. The number of alkyl halides is 3. The highest BCUT2D eigenvalue weighted by molar-refractivity contribution is 8.05. The van der Waals surface area contributed by atoms with Gasteiger partial charge in [-0.15, -0.1) is 0 Å². The molecule has 0 N–H and O–H groups in total. The van der Waals surface area contributed by atoms with E-state index in [0.717, 1.165) is 38.5 Å². The molecule has 0 aromatic carbocycles. The van der Waals surface area contributed by atoms with Gasteiger partial charge in [0.05, 0.1) is 0 Å². The third kappa shape index (κ3) is 6.31. The Bertz CT molecular complexity index is 617. The quantitative estimate of drug-likeness (QED) is 0.288. The molecule has 0 aromatic heterocycles. The smallest absolute Gasteiger partial charge is 0.191 e. The number of halogens is 3. The van der Waals surface area contributed by atoms with Gasteiger partial charge in [0.1, 0.15) is 0 Å². The second kappa shape index (κ2) is 10.3. The molecule has 0 bridgehead atoms. The van der Waals surface area contributed by atoms with Gasteiger partial charge in [0.2, 0.25) is 0 Å². The van der Waals surface area contributed by atoms with E-state index < -0.39 is 15.6 Å². The zero-order valence-corrected chi connectivity index (χ0v) is 20.7. The van der Waals surface area contributed by atoms with Crippen molar-refractivity contribution in [3.05, 3.63) is 0 Å². The lowest BCUT2D eigenvalue weighted by Crippen LogP contribution is -2.44. The van der Waals surface area contributed by atoms with Crippen molar-refractivity contribution in [3.63, 3.8) is 0 Å². The van der Waals surface area contributed by atoms with Crippen LogP contribution in [0.2, 0.25) is 0 Å². The maximum absolute atomic E-state index is 13.0. The topological polar surface area (TPSA) is 43.4 Å². The summed E-state index contributed by atoms with van der Waals surface area (Å²) in [5.41, 5.74) is -5.39. The van der Waals surface area contributed by atoms with Gasteiger partial charge in [-0.1, -0.05) is 54.4 Å². The second-order valence-corrected chi connectivity index (χ2v) is 13.2. The molecule has 2 saturated carbocycles. The van der Waals surface area contributed by atoms with Gasteiger partial charge >= 0.3 is 15.6 Å². The predicted molar refractivity (Wildman–Crippen MR) is 117 cm³/mol. The number of hydrogen-bond acceptors (Lipinski definition) is 4. The van der Waals surface area contributed by atoms with Gasteiger partial charge < -0.3 is 0 Å². The molecule has 0 amide bonds. The second-order valence-electron chi connectivity index (χ2n) is 10.5. The molecular weight excluding hydrogens is 433 g/mol. The van der Waals surface area contributed by atoms with Gasteiger partial charge in [-0.3, -0.25) is 0 Å². The molecule has 0 radical (unpaired) electrons. The molecule has 2 aliphatic rings. The van der Waals surface area contributed by atoms with E-state index in [-0.39, 0.29) is 17.1 Å². The summed E-state index contributed by atoms with van der Waals surface area (Å²) in [6.07, 6.45) is 6.17. The first kappa shape index (κ1) is 26.3. The van der Waals surface area contributed by atoms with Crippen molar-refractivity contribution in [2.75, 3.05) is 0 Å². The molecule has 0 aliphatic heterocycles. The molecular formula is C22H39F3O3S2. The molecule has 0 spiro atoms. The molecule has 8 heteroatoms. The predicted octanol–water partition coefficient (Wildman–Crippen LogP) is 7.29. The maximum Gasteiger partial charge on any atom is 0.524 e. The van der Waals surface area contributed by atoms with Gasteiger partial charge in [-0.2, -0.15) is 25.2 Å². The van der Waals surface area contributed by atoms with Crippen LogP contribution in [0.3, 0.4) is 0 Å². The van der Waals surface area contributed by atoms with Crippen molar-refractivity contribution >= 4 is 22.2 Å². The Labute approximate surface area is 185 Å². The molecule has 6 unspecified atom stereocenters. The van der Waals surface area contributed by atoms with E-state index in [1.54, 1.807) is 0 Å². The fourth-order valence-electron chi connectivity index (χ4n) is 5.90. The summed E-state index contributed by atoms with van der Waals surface area (Å²) in [5, 5.41) is -0.243. The van der Waals surface area contributed by atoms with E-state index in [0.29, 0.717) is 47.6 Å². The van der Waals surface area contributed by atoms with E-state index in [1.165, 1.54) is 0 Å². The SMILES string of the molecule is CC1CCC(C(C)C)C(C(SOS(=O)(=O)C(F)(F)F)C2CC(C)CCC2C(C)C)C1. The minimum absolute atomic E-state index is 0.165. The van der Waals surface area contributed by atoms with Crippen LogP contribution in [-0.2, 0) is 13.7 Å². The highest BCUT2D eigenvalue weighted by Crippen LogP contribution is 2.52. The zero-order valence-electron chi connectivity index (χ0n) is 19.1. The lowest BCUT2D eigenvalue weighted by atomic mass is 9.61. The Hall–Kier alpha value is 0.0500. The monoisotopic (exact) mass is 472 g/mol. The van der Waals surface area contributed by atoms with Crippen molar-refractivity contribution in [1.29, 1.82) is 0 Å².